The van der Waals surface area contributed by atoms with Crippen molar-refractivity contribution < 1.29 is 4.79 Å². The molecule has 6 heteroatoms. The Morgan fingerprint density at radius 1 is 0.964 bits per heavy atom. The molecule has 2 aromatic carbocycles. The zero-order valence-electron chi connectivity index (χ0n) is 14.9. The molecule has 0 aliphatic heterocycles. The van der Waals surface area contributed by atoms with Crippen molar-refractivity contribution >= 4 is 23.3 Å². The Labute approximate surface area is 167 Å². The van der Waals surface area contributed by atoms with Gasteiger partial charge >= 0.3 is 0 Å². The number of carbonyl (C=O) groups is 1. The minimum Gasteiger partial charge on any atom is -0.306 e. The highest BCUT2D eigenvalue weighted by Crippen LogP contribution is 2.25. The molecule has 1 amide bonds. The van der Waals surface area contributed by atoms with Crippen LogP contribution < -0.4 is 5.32 Å². The minimum atomic E-state index is -0.261. The first kappa shape index (κ1) is 17.9. The Hall–Kier alpha value is -3.44. The van der Waals surface area contributed by atoms with E-state index in [1.165, 1.54) is 0 Å². The smallest absolute Gasteiger partial charge is 0.260 e. The van der Waals surface area contributed by atoms with Crippen LogP contribution >= 0.6 is 11.6 Å². The fourth-order valence-corrected chi connectivity index (χ4v) is 3.01. The molecular weight excluding hydrogens is 372 g/mol. The fraction of sp³-hybridized carbons (Fsp3) is 0.0455. The summed E-state index contributed by atoms with van der Waals surface area (Å²) in [5.41, 5.74) is 3.00. The molecule has 0 saturated carbocycles. The van der Waals surface area contributed by atoms with E-state index in [0.29, 0.717) is 28.6 Å². The Kier molecular flexibility index (Phi) is 5.17. The van der Waals surface area contributed by atoms with Crippen LogP contribution in [-0.2, 0) is 6.54 Å². The Morgan fingerprint density at radius 2 is 1.71 bits per heavy atom. The average Bonchev–Trinajstić information content (AvgIpc) is 3.14. The number of carbonyl (C=O) groups excluding carboxylic acids is 1. The quantitative estimate of drug-likeness (QED) is 0.529. The molecule has 2 heterocycles. The maximum absolute atomic E-state index is 12.9. The highest BCUT2D eigenvalue weighted by molar-refractivity contribution is 6.30. The van der Waals surface area contributed by atoms with E-state index in [0.717, 1.165) is 11.1 Å². The second-order valence-electron chi connectivity index (χ2n) is 6.25. The standard InChI is InChI=1S/C22H17ClN4O/c23-18-11-9-17(10-12-18)21-19(22(28)25-20-8-4-5-13-24-20)15-27(26-21)14-16-6-2-1-3-7-16/h1-13,15H,14H2,(H,24,25,28). The third-order valence-electron chi connectivity index (χ3n) is 4.22. The van der Waals surface area contributed by atoms with Crippen molar-refractivity contribution in [3.63, 3.8) is 0 Å². The predicted octanol–water partition coefficient (Wildman–Crippen LogP) is 4.90. The van der Waals surface area contributed by atoms with Crippen molar-refractivity contribution in [1.29, 1.82) is 0 Å². The van der Waals surface area contributed by atoms with Gasteiger partial charge in [-0.2, -0.15) is 5.10 Å². The zero-order chi connectivity index (χ0) is 19.3. The summed E-state index contributed by atoms with van der Waals surface area (Å²) in [6.07, 6.45) is 3.39. The van der Waals surface area contributed by atoms with Gasteiger partial charge in [-0.1, -0.05) is 60.1 Å². The molecule has 0 aliphatic rings. The monoisotopic (exact) mass is 388 g/mol. The summed E-state index contributed by atoms with van der Waals surface area (Å²) in [4.78, 5) is 17.1. The molecule has 1 N–H and O–H groups in total. The lowest BCUT2D eigenvalue weighted by Gasteiger charge is -2.04. The van der Waals surface area contributed by atoms with Gasteiger partial charge in [-0.15, -0.1) is 0 Å². The van der Waals surface area contributed by atoms with Gasteiger partial charge in [-0.25, -0.2) is 4.98 Å². The predicted molar refractivity (Wildman–Crippen MR) is 110 cm³/mol. The molecule has 0 aliphatic carbocycles. The molecule has 5 nitrogen and oxygen atoms in total. The number of hydrogen-bond acceptors (Lipinski definition) is 3. The summed E-state index contributed by atoms with van der Waals surface area (Å²) in [6.45, 7) is 0.568. The number of amides is 1. The lowest BCUT2D eigenvalue weighted by Crippen LogP contribution is -2.13. The molecule has 138 valence electrons. The second kappa shape index (κ2) is 8.06. The van der Waals surface area contributed by atoms with Crippen molar-refractivity contribution in [3.8, 4) is 11.3 Å². The molecule has 0 bridgehead atoms. The van der Waals surface area contributed by atoms with Crippen LogP contribution in [-0.4, -0.2) is 20.7 Å². The maximum Gasteiger partial charge on any atom is 0.260 e. The summed E-state index contributed by atoms with van der Waals surface area (Å²) in [5.74, 6) is 0.230. The van der Waals surface area contributed by atoms with E-state index in [4.69, 9.17) is 11.6 Å². The van der Waals surface area contributed by atoms with Gasteiger partial charge in [0.1, 0.15) is 11.5 Å². The van der Waals surface area contributed by atoms with Crippen molar-refractivity contribution in [2.75, 3.05) is 5.32 Å². The Bertz CT molecular complexity index is 1080. The molecule has 0 saturated heterocycles. The van der Waals surface area contributed by atoms with Crippen LogP contribution in [0.5, 0.6) is 0 Å². The third-order valence-corrected chi connectivity index (χ3v) is 4.47. The number of benzene rings is 2. The lowest BCUT2D eigenvalue weighted by molar-refractivity contribution is 0.102. The summed E-state index contributed by atoms with van der Waals surface area (Å²) >= 11 is 6.01. The first-order valence-corrected chi connectivity index (χ1v) is 9.16. The summed E-state index contributed by atoms with van der Waals surface area (Å²) in [5, 5.41) is 8.12. The normalized spacial score (nSPS) is 10.6. The van der Waals surface area contributed by atoms with Crippen LogP contribution in [0.25, 0.3) is 11.3 Å². The van der Waals surface area contributed by atoms with E-state index >= 15 is 0 Å². The molecule has 0 fully saturated rings. The third kappa shape index (κ3) is 4.10. The first-order valence-electron chi connectivity index (χ1n) is 8.79. The molecule has 28 heavy (non-hydrogen) atoms. The topological polar surface area (TPSA) is 59.8 Å². The van der Waals surface area contributed by atoms with Crippen LogP contribution in [0.15, 0.2) is 85.2 Å². The molecule has 0 atom stereocenters. The summed E-state index contributed by atoms with van der Waals surface area (Å²) in [7, 11) is 0. The fourth-order valence-electron chi connectivity index (χ4n) is 2.88. The SMILES string of the molecule is O=C(Nc1ccccn1)c1cn(Cc2ccccc2)nc1-c1ccc(Cl)cc1. The van der Waals surface area contributed by atoms with E-state index < -0.39 is 0 Å². The van der Waals surface area contributed by atoms with Crippen LogP contribution in [0.1, 0.15) is 15.9 Å². The summed E-state index contributed by atoms with van der Waals surface area (Å²) < 4.78 is 1.77. The van der Waals surface area contributed by atoms with Gasteiger partial charge in [0.2, 0.25) is 0 Å². The van der Waals surface area contributed by atoms with Crippen molar-refractivity contribution in [3.05, 3.63) is 101 Å². The molecule has 4 rings (SSSR count). The number of hydrogen-bond donors (Lipinski definition) is 1. The maximum atomic E-state index is 12.9. The molecular formula is C22H17ClN4O. The molecule has 4 aromatic rings. The van der Waals surface area contributed by atoms with E-state index in [1.807, 2.05) is 48.5 Å². The van der Waals surface area contributed by atoms with Crippen LogP contribution in [0.2, 0.25) is 5.02 Å². The largest absolute Gasteiger partial charge is 0.306 e. The van der Waals surface area contributed by atoms with Crippen molar-refractivity contribution in [2.45, 2.75) is 6.54 Å². The van der Waals surface area contributed by atoms with Gasteiger partial charge in [0.15, 0.2) is 0 Å². The number of anilines is 1. The molecule has 0 spiro atoms. The van der Waals surface area contributed by atoms with Gasteiger partial charge in [0, 0.05) is 23.0 Å². The average molecular weight is 389 g/mol. The van der Waals surface area contributed by atoms with Crippen molar-refractivity contribution in [2.24, 2.45) is 0 Å². The van der Waals surface area contributed by atoms with Gasteiger partial charge in [0.25, 0.3) is 5.91 Å². The number of nitrogens with one attached hydrogen (secondary N) is 1. The van der Waals surface area contributed by atoms with Gasteiger partial charge in [-0.3, -0.25) is 9.48 Å². The number of halogens is 1. The molecule has 0 radical (unpaired) electrons. The summed E-state index contributed by atoms with van der Waals surface area (Å²) in [6, 6.07) is 22.6. The first-order chi connectivity index (χ1) is 13.7. The van der Waals surface area contributed by atoms with Gasteiger partial charge in [0.05, 0.1) is 12.1 Å². The Morgan fingerprint density at radius 3 is 2.43 bits per heavy atom. The van der Waals surface area contributed by atoms with Gasteiger partial charge in [-0.05, 0) is 29.8 Å². The number of nitrogens with zero attached hydrogens (tertiary/aromatic N) is 3. The van der Waals surface area contributed by atoms with Crippen LogP contribution in [0, 0.1) is 0 Å². The number of pyridine rings is 1. The Balaban J connectivity index is 1.70. The van der Waals surface area contributed by atoms with Crippen LogP contribution in [0.3, 0.4) is 0 Å². The highest BCUT2D eigenvalue weighted by Gasteiger charge is 2.18. The second-order valence-corrected chi connectivity index (χ2v) is 6.69. The molecule has 0 unspecified atom stereocenters. The van der Waals surface area contributed by atoms with Crippen LogP contribution in [0.4, 0.5) is 5.82 Å². The lowest BCUT2D eigenvalue weighted by atomic mass is 10.1. The van der Waals surface area contributed by atoms with E-state index in [1.54, 1.807) is 41.3 Å². The number of aromatic nitrogens is 3. The number of rotatable bonds is 5. The minimum absolute atomic E-state index is 0.261. The molecule has 2 aromatic heterocycles. The zero-order valence-corrected chi connectivity index (χ0v) is 15.7. The highest BCUT2D eigenvalue weighted by atomic mass is 35.5. The van der Waals surface area contributed by atoms with Gasteiger partial charge < -0.3 is 5.32 Å². The van der Waals surface area contributed by atoms with Crippen molar-refractivity contribution in [1.82, 2.24) is 14.8 Å². The van der Waals surface area contributed by atoms with E-state index in [9.17, 15) is 4.79 Å². The van der Waals surface area contributed by atoms with E-state index in [2.05, 4.69) is 15.4 Å². The van der Waals surface area contributed by atoms with E-state index in [-0.39, 0.29) is 5.91 Å².